The van der Waals surface area contributed by atoms with Crippen LogP contribution in [0.5, 0.6) is 0 Å². The maximum atomic E-state index is 13.1. The van der Waals surface area contributed by atoms with Gasteiger partial charge in [-0.25, -0.2) is 4.98 Å². The molecule has 148 valence electrons. The van der Waals surface area contributed by atoms with Crippen LogP contribution in [0.2, 0.25) is 0 Å². The van der Waals surface area contributed by atoms with Gasteiger partial charge in [-0.2, -0.15) is 5.26 Å². The number of nitriles is 1. The third kappa shape index (κ3) is 3.60. The number of nitrogens with one attached hydrogen (secondary N) is 2. The molecule has 0 spiro atoms. The lowest BCUT2D eigenvalue weighted by molar-refractivity contribution is -0.116. The first-order valence-corrected chi connectivity index (χ1v) is 10.7. The van der Waals surface area contributed by atoms with Crippen molar-refractivity contribution in [3.8, 4) is 6.07 Å². The van der Waals surface area contributed by atoms with Gasteiger partial charge in [-0.05, 0) is 37.0 Å². The zero-order chi connectivity index (χ0) is 20.5. The first-order valence-electron chi connectivity index (χ1n) is 9.86. The predicted molar refractivity (Wildman–Crippen MR) is 113 cm³/mol. The average molecular weight is 407 g/mol. The third-order valence-electron chi connectivity index (χ3n) is 5.50. The summed E-state index contributed by atoms with van der Waals surface area (Å²) in [6.45, 7) is 4.19. The number of hydrogen-bond acceptors (Lipinski definition) is 6. The van der Waals surface area contributed by atoms with Crippen LogP contribution >= 0.6 is 11.8 Å². The number of allylic oxidation sites excluding steroid dienone is 2. The number of ketones is 1. The van der Waals surface area contributed by atoms with Gasteiger partial charge in [0.1, 0.15) is 5.82 Å². The molecule has 1 aromatic heterocycles. The summed E-state index contributed by atoms with van der Waals surface area (Å²) in [7, 11) is 0. The minimum Gasteiger partial charge on any atom is -0.343 e. The molecule has 29 heavy (non-hydrogen) atoms. The van der Waals surface area contributed by atoms with Crippen LogP contribution in [0.25, 0.3) is 0 Å². The molecule has 1 aliphatic heterocycles. The Morgan fingerprint density at radius 3 is 2.72 bits per heavy atom. The number of hydrogen-bond donors (Lipinski definition) is 2. The highest BCUT2D eigenvalue weighted by Gasteiger charge is 2.37. The number of anilines is 1. The van der Waals surface area contributed by atoms with Crippen LogP contribution in [0.3, 0.4) is 0 Å². The quantitative estimate of drug-likeness (QED) is 0.586. The van der Waals surface area contributed by atoms with Gasteiger partial charge in [0, 0.05) is 28.9 Å². The van der Waals surface area contributed by atoms with Gasteiger partial charge >= 0.3 is 0 Å². The molecule has 0 fully saturated rings. The van der Waals surface area contributed by atoms with Crippen LogP contribution in [0.1, 0.15) is 62.1 Å². The summed E-state index contributed by atoms with van der Waals surface area (Å²) in [5, 5.41) is 13.3. The van der Waals surface area contributed by atoms with E-state index >= 15 is 0 Å². The molecular weight excluding hydrogens is 384 g/mol. The second-order valence-electron chi connectivity index (χ2n) is 7.43. The number of nitrogens with zero attached hydrogens (tertiary/aromatic N) is 2. The average Bonchev–Trinajstić information content (AvgIpc) is 2.72. The number of carbonyl (C=O) groups is 1. The topological polar surface area (TPSA) is 98.6 Å². The Balaban J connectivity index is 1.88. The molecule has 2 aromatic rings. The van der Waals surface area contributed by atoms with Crippen molar-refractivity contribution in [1.82, 2.24) is 9.97 Å². The van der Waals surface area contributed by atoms with E-state index in [2.05, 4.69) is 35.2 Å². The van der Waals surface area contributed by atoms with Gasteiger partial charge < -0.3 is 10.3 Å². The van der Waals surface area contributed by atoms with E-state index in [1.807, 2.05) is 12.1 Å². The summed E-state index contributed by atoms with van der Waals surface area (Å²) < 4.78 is 0. The minimum atomic E-state index is -0.472. The second kappa shape index (κ2) is 7.88. The predicted octanol–water partition coefficient (Wildman–Crippen LogP) is 4.10. The highest BCUT2D eigenvalue weighted by atomic mass is 32.2. The molecule has 2 heterocycles. The molecule has 2 N–H and O–H groups in total. The monoisotopic (exact) mass is 406 g/mol. The Kier molecular flexibility index (Phi) is 5.29. The number of H-pyrrole nitrogens is 1. The number of carbonyl (C=O) groups excluding carboxylic acids is 1. The number of aromatic nitrogens is 2. The first-order chi connectivity index (χ1) is 14.0. The van der Waals surface area contributed by atoms with Crippen molar-refractivity contribution in [2.75, 3.05) is 5.32 Å². The van der Waals surface area contributed by atoms with Gasteiger partial charge in [-0.15, -0.1) is 0 Å². The lowest BCUT2D eigenvalue weighted by atomic mass is 9.76. The van der Waals surface area contributed by atoms with Crippen LogP contribution in [0.4, 0.5) is 5.82 Å². The third-order valence-corrected chi connectivity index (χ3v) is 6.65. The largest absolute Gasteiger partial charge is 0.343 e. The number of benzene rings is 1. The summed E-state index contributed by atoms with van der Waals surface area (Å²) in [6, 6.07) is 9.20. The van der Waals surface area contributed by atoms with Crippen molar-refractivity contribution in [2.45, 2.75) is 55.9 Å². The molecule has 0 radical (unpaired) electrons. The van der Waals surface area contributed by atoms with Crippen molar-refractivity contribution in [2.24, 2.45) is 0 Å². The Morgan fingerprint density at radius 1 is 1.28 bits per heavy atom. The van der Waals surface area contributed by atoms with E-state index < -0.39 is 5.92 Å². The van der Waals surface area contributed by atoms with E-state index in [4.69, 9.17) is 5.26 Å². The Hall–Kier alpha value is -2.85. The number of Topliss-reactive ketones (excluding diaryl/α,β-unsaturated/α-hetero) is 1. The smallest absolute Gasteiger partial charge is 0.257 e. The van der Waals surface area contributed by atoms with Crippen LogP contribution in [-0.4, -0.2) is 21.0 Å². The van der Waals surface area contributed by atoms with Gasteiger partial charge in [0.2, 0.25) is 0 Å². The summed E-state index contributed by atoms with van der Waals surface area (Å²) in [5.74, 6) is 0.124. The minimum absolute atomic E-state index is 0.0659. The Bertz CT molecular complexity index is 1100. The summed E-state index contributed by atoms with van der Waals surface area (Å²) in [4.78, 5) is 33.5. The fourth-order valence-electron chi connectivity index (χ4n) is 3.85. The number of fused-ring (bicyclic) bond motifs is 1. The van der Waals surface area contributed by atoms with Crippen molar-refractivity contribution >= 4 is 23.4 Å². The summed E-state index contributed by atoms with van der Waals surface area (Å²) >= 11 is 1.54. The van der Waals surface area contributed by atoms with Crippen LogP contribution < -0.4 is 10.9 Å². The zero-order valence-corrected chi connectivity index (χ0v) is 17.2. The van der Waals surface area contributed by atoms with E-state index in [0.717, 1.165) is 30.5 Å². The van der Waals surface area contributed by atoms with Crippen LogP contribution in [0.15, 0.2) is 45.5 Å². The molecule has 7 heteroatoms. The van der Waals surface area contributed by atoms with Crippen molar-refractivity contribution < 1.29 is 4.79 Å². The summed E-state index contributed by atoms with van der Waals surface area (Å²) in [6.07, 6.45) is 3.00. The highest BCUT2D eigenvalue weighted by molar-refractivity contribution is 7.99. The molecule has 0 bridgehead atoms. The van der Waals surface area contributed by atoms with E-state index in [1.54, 1.807) is 12.1 Å². The molecule has 2 aliphatic rings. The summed E-state index contributed by atoms with van der Waals surface area (Å²) in [5.41, 5.74) is 3.12. The van der Waals surface area contributed by atoms with E-state index in [1.165, 1.54) is 11.8 Å². The highest BCUT2D eigenvalue weighted by Crippen LogP contribution is 2.43. The van der Waals surface area contributed by atoms with Gasteiger partial charge in [0.15, 0.2) is 10.9 Å². The second-order valence-corrected chi connectivity index (χ2v) is 8.86. The SMILES string of the molecule is CC[C@H](C)Sc1nc2c(c(=O)[nH]1)[C@@H](c1ccc(C#N)cc1)C1=C(CCCC1=O)N2. The van der Waals surface area contributed by atoms with Crippen molar-refractivity contribution in [1.29, 1.82) is 5.26 Å². The number of rotatable bonds is 4. The van der Waals surface area contributed by atoms with Crippen LogP contribution in [0, 0.1) is 11.3 Å². The molecule has 1 aromatic carbocycles. The zero-order valence-electron chi connectivity index (χ0n) is 16.4. The molecule has 6 nitrogen and oxygen atoms in total. The molecule has 0 saturated carbocycles. The molecular formula is C22H22N4O2S. The number of thioether (sulfide) groups is 1. The van der Waals surface area contributed by atoms with E-state index in [-0.39, 0.29) is 11.3 Å². The van der Waals surface area contributed by atoms with Gasteiger partial charge in [-0.1, -0.05) is 37.7 Å². The lowest BCUT2D eigenvalue weighted by Crippen LogP contribution is -2.32. The van der Waals surface area contributed by atoms with Gasteiger partial charge in [0.25, 0.3) is 5.56 Å². The fourth-order valence-corrected chi connectivity index (χ4v) is 4.70. The van der Waals surface area contributed by atoms with Crippen molar-refractivity contribution in [3.63, 3.8) is 0 Å². The molecule has 0 unspecified atom stereocenters. The van der Waals surface area contributed by atoms with E-state index in [9.17, 15) is 9.59 Å². The van der Waals surface area contributed by atoms with Crippen molar-refractivity contribution in [3.05, 3.63) is 62.6 Å². The fraction of sp³-hybridized carbons (Fsp3) is 0.364. The molecule has 1 aliphatic carbocycles. The van der Waals surface area contributed by atoms with Crippen LogP contribution in [-0.2, 0) is 4.79 Å². The normalized spacial score (nSPS) is 19.1. The maximum Gasteiger partial charge on any atom is 0.257 e. The molecule has 2 atom stereocenters. The molecule has 4 rings (SSSR count). The standard InChI is InChI=1S/C22H22N4O2S/c1-3-12(2)29-22-25-20-19(21(28)26-22)17(14-9-7-13(11-23)8-10-14)18-15(24-20)5-4-6-16(18)27/h7-10,12,17H,3-6H2,1-2H3,(H2,24,25,26,28)/t12-,17-/m0/s1. The Labute approximate surface area is 173 Å². The molecule has 0 amide bonds. The Morgan fingerprint density at radius 2 is 2.03 bits per heavy atom. The van der Waals surface area contributed by atoms with E-state index in [0.29, 0.717) is 39.3 Å². The lowest BCUT2D eigenvalue weighted by Gasteiger charge is -2.32. The van der Waals surface area contributed by atoms with Gasteiger partial charge in [-0.3, -0.25) is 9.59 Å². The first kappa shape index (κ1) is 19.5. The van der Waals surface area contributed by atoms with Gasteiger partial charge in [0.05, 0.1) is 17.2 Å². The maximum absolute atomic E-state index is 13.1. The number of aromatic amines is 1. The molecule has 0 saturated heterocycles.